The highest BCUT2D eigenvalue weighted by atomic mass is 16.5. The Labute approximate surface area is 118 Å². The molecular formula is C15H16N2O3. The molecule has 1 aromatic rings. The van der Waals surface area contributed by atoms with Crippen molar-refractivity contribution < 1.29 is 14.3 Å². The zero-order valence-electron chi connectivity index (χ0n) is 11.3. The fraction of sp³-hybridized carbons (Fsp3) is 0.200. The van der Waals surface area contributed by atoms with Crippen molar-refractivity contribution in [1.29, 1.82) is 5.26 Å². The van der Waals surface area contributed by atoms with E-state index < -0.39 is 5.97 Å². The van der Waals surface area contributed by atoms with E-state index in [-0.39, 0.29) is 12.2 Å². The van der Waals surface area contributed by atoms with Crippen molar-refractivity contribution in [3.05, 3.63) is 48.7 Å². The third kappa shape index (κ3) is 4.86. The van der Waals surface area contributed by atoms with E-state index in [0.717, 1.165) is 0 Å². The maximum Gasteiger partial charge on any atom is 0.350 e. The number of benzene rings is 1. The van der Waals surface area contributed by atoms with Gasteiger partial charge in [0.1, 0.15) is 18.4 Å². The van der Waals surface area contributed by atoms with Crippen molar-refractivity contribution in [2.75, 3.05) is 18.5 Å². The molecule has 0 amide bonds. The van der Waals surface area contributed by atoms with E-state index in [1.54, 1.807) is 43.3 Å². The summed E-state index contributed by atoms with van der Waals surface area (Å²) in [7, 11) is 0. The molecule has 0 aliphatic heterocycles. The van der Waals surface area contributed by atoms with Gasteiger partial charge in [0.2, 0.25) is 0 Å². The Hall–Kier alpha value is -2.74. The predicted molar refractivity (Wildman–Crippen MR) is 76.1 cm³/mol. The van der Waals surface area contributed by atoms with Gasteiger partial charge in [0.15, 0.2) is 5.57 Å². The van der Waals surface area contributed by atoms with Crippen molar-refractivity contribution in [2.24, 2.45) is 0 Å². The van der Waals surface area contributed by atoms with Gasteiger partial charge < -0.3 is 14.8 Å². The number of nitriles is 1. The van der Waals surface area contributed by atoms with Gasteiger partial charge in [0.25, 0.3) is 0 Å². The number of hydrogen-bond acceptors (Lipinski definition) is 5. The molecule has 0 heterocycles. The number of anilines is 1. The van der Waals surface area contributed by atoms with Crippen molar-refractivity contribution in [3.63, 3.8) is 0 Å². The minimum absolute atomic E-state index is 0.0933. The molecule has 0 saturated carbocycles. The van der Waals surface area contributed by atoms with Crippen LogP contribution in [-0.4, -0.2) is 19.2 Å². The SMILES string of the molecule is C=CCOc1cccc(N/C=C(/C#N)C(=O)OCC)c1. The molecule has 104 valence electrons. The van der Waals surface area contributed by atoms with Gasteiger partial charge in [-0.25, -0.2) is 4.79 Å². The fourth-order valence-electron chi connectivity index (χ4n) is 1.33. The molecule has 0 atom stereocenters. The minimum atomic E-state index is -0.651. The molecule has 0 spiro atoms. The molecule has 5 nitrogen and oxygen atoms in total. The molecule has 5 heteroatoms. The predicted octanol–water partition coefficient (Wildman–Crippen LogP) is 2.63. The second-order valence-corrected chi connectivity index (χ2v) is 3.66. The Morgan fingerprint density at radius 1 is 1.55 bits per heavy atom. The second-order valence-electron chi connectivity index (χ2n) is 3.66. The smallest absolute Gasteiger partial charge is 0.350 e. The lowest BCUT2D eigenvalue weighted by Gasteiger charge is -2.06. The summed E-state index contributed by atoms with van der Waals surface area (Å²) < 4.78 is 10.1. The first-order valence-corrected chi connectivity index (χ1v) is 6.09. The third-order valence-corrected chi connectivity index (χ3v) is 2.20. The van der Waals surface area contributed by atoms with Crippen molar-refractivity contribution in [3.8, 4) is 11.8 Å². The average molecular weight is 272 g/mol. The van der Waals surface area contributed by atoms with Crippen LogP contribution in [0.15, 0.2) is 48.7 Å². The van der Waals surface area contributed by atoms with E-state index in [0.29, 0.717) is 18.0 Å². The number of rotatable bonds is 7. The molecule has 0 aliphatic carbocycles. The zero-order valence-corrected chi connectivity index (χ0v) is 11.3. The molecule has 0 aromatic heterocycles. The van der Waals surface area contributed by atoms with Crippen LogP contribution >= 0.6 is 0 Å². The van der Waals surface area contributed by atoms with Crippen LogP contribution < -0.4 is 10.1 Å². The lowest BCUT2D eigenvalue weighted by atomic mass is 10.3. The van der Waals surface area contributed by atoms with Crippen molar-refractivity contribution in [1.82, 2.24) is 0 Å². The van der Waals surface area contributed by atoms with Gasteiger partial charge in [0.05, 0.1) is 6.61 Å². The van der Waals surface area contributed by atoms with Crippen molar-refractivity contribution >= 4 is 11.7 Å². The van der Waals surface area contributed by atoms with E-state index in [2.05, 4.69) is 11.9 Å². The number of nitrogens with zero attached hydrogens (tertiary/aromatic N) is 1. The summed E-state index contributed by atoms with van der Waals surface area (Å²) in [6, 6.07) is 8.92. The lowest BCUT2D eigenvalue weighted by molar-refractivity contribution is -0.138. The van der Waals surface area contributed by atoms with Gasteiger partial charge >= 0.3 is 5.97 Å². The van der Waals surface area contributed by atoms with Gasteiger partial charge in [-0.3, -0.25) is 0 Å². The van der Waals surface area contributed by atoms with Crippen LogP contribution in [-0.2, 0) is 9.53 Å². The molecule has 1 aromatic carbocycles. The molecule has 0 bridgehead atoms. The molecular weight excluding hydrogens is 256 g/mol. The monoisotopic (exact) mass is 272 g/mol. The summed E-state index contributed by atoms with van der Waals surface area (Å²) in [6.45, 7) is 5.88. The van der Waals surface area contributed by atoms with Crippen LogP contribution in [0.2, 0.25) is 0 Å². The number of ether oxygens (including phenoxy) is 2. The van der Waals surface area contributed by atoms with Gasteiger partial charge in [0, 0.05) is 18.0 Å². The first-order valence-electron chi connectivity index (χ1n) is 6.09. The first-order chi connectivity index (χ1) is 9.71. The third-order valence-electron chi connectivity index (χ3n) is 2.20. The highest BCUT2D eigenvalue weighted by Gasteiger charge is 2.09. The average Bonchev–Trinajstić information content (AvgIpc) is 2.46. The zero-order chi connectivity index (χ0) is 14.8. The Bertz CT molecular complexity index is 544. The first kappa shape index (κ1) is 15.3. The standard InChI is InChI=1S/C15H16N2O3/c1-3-8-20-14-7-5-6-13(9-14)17-11-12(10-16)15(18)19-4-2/h3,5-7,9,11,17H,1,4,8H2,2H3/b12-11-. The largest absolute Gasteiger partial charge is 0.489 e. The summed E-state index contributed by atoms with van der Waals surface area (Å²) in [6.07, 6.45) is 2.96. The van der Waals surface area contributed by atoms with E-state index in [9.17, 15) is 4.79 Å². The normalized spacial score (nSPS) is 10.3. The Morgan fingerprint density at radius 2 is 2.35 bits per heavy atom. The summed E-state index contributed by atoms with van der Waals surface area (Å²) in [4.78, 5) is 11.4. The number of hydrogen-bond donors (Lipinski definition) is 1. The summed E-state index contributed by atoms with van der Waals surface area (Å²) in [5.41, 5.74) is 0.605. The van der Waals surface area contributed by atoms with Crippen LogP contribution in [0.3, 0.4) is 0 Å². The number of carbonyl (C=O) groups is 1. The van der Waals surface area contributed by atoms with Crippen LogP contribution in [0.1, 0.15) is 6.92 Å². The number of esters is 1. The highest BCUT2D eigenvalue weighted by Crippen LogP contribution is 2.17. The van der Waals surface area contributed by atoms with Crippen LogP contribution in [0, 0.1) is 11.3 Å². The second kappa shape index (κ2) is 8.38. The molecule has 0 radical (unpaired) electrons. The van der Waals surface area contributed by atoms with E-state index in [4.69, 9.17) is 14.7 Å². The van der Waals surface area contributed by atoms with E-state index in [1.165, 1.54) is 6.20 Å². The lowest BCUT2D eigenvalue weighted by Crippen LogP contribution is -2.07. The Kier molecular flexibility index (Phi) is 6.42. The Balaban J connectivity index is 2.74. The van der Waals surface area contributed by atoms with Crippen molar-refractivity contribution in [2.45, 2.75) is 6.92 Å². The number of nitrogens with one attached hydrogen (secondary N) is 1. The van der Waals surface area contributed by atoms with Crippen LogP contribution in [0.5, 0.6) is 5.75 Å². The van der Waals surface area contributed by atoms with Crippen LogP contribution in [0.4, 0.5) is 5.69 Å². The van der Waals surface area contributed by atoms with Gasteiger partial charge in [-0.15, -0.1) is 0 Å². The highest BCUT2D eigenvalue weighted by molar-refractivity contribution is 5.93. The van der Waals surface area contributed by atoms with E-state index >= 15 is 0 Å². The minimum Gasteiger partial charge on any atom is -0.489 e. The fourth-order valence-corrected chi connectivity index (χ4v) is 1.33. The molecule has 1 N–H and O–H groups in total. The van der Waals surface area contributed by atoms with E-state index in [1.807, 2.05) is 0 Å². The molecule has 20 heavy (non-hydrogen) atoms. The topological polar surface area (TPSA) is 71.3 Å². The molecule has 0 aliphatic rings. The maximum atomic E-state index is 11.4. The Morgan fingerprint density at radius 3 is 3.00 bits per heavy atom. The molecule has 0 saturated heterocycles. The van der Waals surface area contributed by atoms with Gasteiger partial charge in [-0.2, -0.15) is 5.26 Å². The quantitative estimate of drug-likeness (QED) is 0.357. The van der Waals surface area contributed by atoms with Gasteiger partial charge in [-0.05, 0) is 19.1 Å². The molecule has 1 rings (SSSR count). The molecule has 0 fully saturated rings. The summed E-state index contributed by atoms with van der Waals surface area (Å²) in [5, 5.41) is 11.7. The van der Waals surface area contributed by atoms with Gasteiger partial charge in [-0.1, -0.05) is 18.7 Å². The summed E-state index contributed by atoms with van der Waals surface area (Å²) >= 11 is 0. The molecule has 0 unspecified atom stereocenters. The maximum absolute atomic E-state index is 11.4. The summed E-state index contributed by atoms with van der Waals surface area (Å²) in [5.74, 6) is 0.0134. The van der Waals surface area contributed by atoms with Crippen LogP contribution in [0.25, 0.3) is 0 Å². The number of carbonyl (C=O) groups excluding carboxylic acids is 1.